The Bertz CT molecular complexity index is 487. The first-order chi connectivity index (χ1) is 8.79. The van der Waals surface area contributed by atoms with E-state index < -0.39 is 0 Å². The molecule has 18 heavy (non-hydrogen) atoms. The first-order valence-corrected chi connectivity index (χ1v) is 6.88. The van der Waals surface area contributed by atoms with Gasteiger partial charge in [0, 0.05) is 18.0 Å². The number of benzene rings is 1. The lowest BCUT2D eigenvalue weighted by molar-refractivity contribution is 0.00729. The zero-order valence-electron chi connectivity index (χ0n) is 10.4. The molecule has 4 heteroatoms. The van der Waals surface area contributed by atoms with Gasteiger partial charge in [0.1, 0.15) is 11.9 Å². The largest absolute Gasteiger partial charge is 0.369 e. The van der Waals surface area contributed by atoms with E-state index in [1.54, 1.807) is 0 Å². The van der Waals surface area contributed by atoms with Gasteiger partial charge in [-0.3, -0.25) is 4.99 Å². The predicted molar refractivity (Wildman–Crippen MR) is 73.4 cm³/mol. The summed E-state index contributed by atoms with van der Waals surface area (Å²) in [5.74, 6) is 0.955. The van der Waals surface area contributed by atoms with Gasteiger partial charge in [-0.25, -0.2) is 0 Å². The second kappa shape index (κ2) is 4.90. The Kier molecular flexibility index (Phi) is 3.27. The second-order valence-electron chi connectivity index (χ2n) is 4.75. The number of fused-ring (bicyclic) bond motifs is 1. The average molecular weight is 265 g/mol. The summed E-state index contributed by atoms with van der Waals surface area (Å²) in [6, 6.07) is 6.04. The molecule has 3 rings (SSSR count). The predicted octanol–water partition coefficient (Wildman–Crippen LogP) is 2.73. The molecule has 0 aromatic heterocycles. The van der Waals surface area contributed by atoms with E-state index in [0.29, 0.717) is 0 Å². The van der Waals surface area contributed by atoms with E-state index in [0.717, 1.165) is 36.8 Å². The van der Waals surface area contributed by atoms with Crippen LogP contribution < -0.4 is 5.32 Å². The molecule has 0 saturated heterocycles. The number of hydrogen-bond donors (Lipinski definition) is 1. The van der Waals surface area contributed by atoms with Gasteiger partial charge < -0.3 is 10.1 Å². The summed E-state index contributed by atoms with van der Waals surface area (Å²) in [5.41, 5.74) is 2.39. The zero-order valence-corrected chi connectivity index (χ0v) is 11.2. The summed E-state index contributed by atoms with van der Waals surface area (Å²) >= 11 is 6.32. The van der Waals surface area contributed by atoms with Gasteiger partial charge in [-0.1, -0.05) is 30.7 Å². The summed E-state index contributed by atoms with van der Waals surface area (Å²) in [6.45, 7) is 3.89. The van der Waals surface area contributed by atoms with Crippen molar-refractivity contribution in [1.82, 2.24) is 5.32 Å². The lowest BCUT2D eigenvalue weighted by Crippen LogP contribution is -2.35. The SMILES string of the molecule is CC[C@@H]1Cc2c(Cl)cccc2C(C2=NCCN2)O1. The number of amidine groups is 1. The van der Waals surface area contributed by atoms with Gasteiger partial charge in [-0.15, -0.1) is 0 Å². The third-order valence-corrected chi connectivity index (χ3v) is 3.96. The first kappa shape index (κ1) is 12.0. The van der Waals surface area contributed by atoms with Crippen LogP contribution in [0.3, 0.4) is 0 Å². The molecule has 0 spiro atoms. The molecule has 0 amide bonds. The van der Waals surface area contributed by atoms with Gasteiger partial charge in [0.2, 0.25) is 0 Å². The van der Waals surface area contributed by atoms with Crippen molar-refractivity contribution in [2.24, 2.45) is 4.99 Å². The molecule has 1 aromatic rings. The van der Waals surface area contributed by atoms with Crippen molar-refractivity contribution in [2.45, 2.75) is 32.0 Å². The third kappa shape index (κ3) is 2.02. The Balaban J connectivity index is 2.02. The molecule has 0 bridgehead atoms. The highest BCUT2D eigenvalue weighted by Crippen LogP contribution is 2.36. The maximum Gasteiger partial charge on any atom is 0.140 e. The minimum Gasteiger partial charge on any atom is -0.369 e. The van der Waals surface area contributed by atoms with E-state index in [4.69, 9.17) is 16.3 Å². The van der Waals surface area contributed by atoms with Crippen LogP contribution in [0.15, 0.2) is 23.2 Å². The molecule has 0 aliphatic carbocycles. The van der Waals surface area contributed by atoms with Crippen molar-refractivity contribution in [2.75, 3.05) is 13.1 Å². The summed E-state index contributed by atoms with van der Waals surface area (Å²) in [6.07, 6.45) is 2.05. The Morgan fingerprint density at radius 1 is 1.50 bits per heavy atom. The maximum atomic E-state index is 6.32. The molecular formula is C14H17ClN2O. The summed E-state index contributed by atoms with van der Waals surface area (Å²) in [7, 11) is 0. The summed E-state index contributed by atoms with van der Waals surface area (Å²) in [4.78, 5) is 4.49. The topological polar surface area (TPSA) is 33.6 Å². The molecule has 0 fully saturated rings. The van der Waals surface area contributed by atoms with Crippen molar-refractivity contribution < 1.29 is 4.74 Å². The molecule has 2 aliphatic heterocycles. The quantitative estimate of drug-likeness (QED) is 0.891. The van der Waals surface area contributed by atoms with Crippen LogP contribution in [-0.4, -0.2) is 25.0 Å². The minimum absolute atomic E-state index is 0.0695. The zero-order chi connectivity index (χ0) is 12.5. The molecule has 2 aliphatic rings. The molecule has 1 N–H and O–H groups in total. The number of nitrogens with one attached hydrogen (secondary N) is 1. The van der Waals surface area contributed by atoms with E-state index in [-0.39, 0.29) is 12.2 Å². The Morgan fingerprint density at radius 3 is 3.11 bits per heavy atom. The van der Waals surface area contributed by atoms with Crippen LogP contribution in [0.2, 0.25) is 5.02 Å². The molecule has 1 unspecified atom stereocenters. The van der Waals surface area contributed by atoms with E-state index in [1.807, 2.05) is 12.1 Å². The molecule has 0 radical (unpaired) electrons. The van der Waals surface area contributed by atoms with Crippen LogP contribution in [0.5, 0.6) is 0 Å². The highest BCUT2D eigenvalue weighted by Gasteiger charge is 2.32. The average Bonchev–Trinajstić information content (AvgIpc) is 2.92. The molecular weight excluding hydrogens is 248 g/mol. The monoisotopic (exact) mass is 264 g/mol. The van der Waals surface area contributed by atoms with Gasteiger partial charge >= 0.3 is 0 Å². The fourth-order valence-electron chi connectivity index (χ4n) is 2.62. The first-order valence-electron chi connectivity index (χ1n) is 6.50. The van der Waals surface area contributed by atoms with Crippen molar-refractivity contribution in [3.8, 4) is 0 Å². The van der Waals surface area contributed by atoms with Crippen molar-refractivity contribution >= 4 is 17.4 Å². The Morgan fingerprint density at radius 2 is 2.39 bits per heavy atom. The Labute approximate surface area is 112 Å². The highest BCUT2D eigenvalue weighted by atomic mass is 35.5. The van der Waals surface area contributed by atoms with Gasteiger partial charge in [0.15, 0.2) is 0 Å². The standard InChI is InChI=1S/C14H17ClN2O/c1-2-9-8-11-10(4-3-5-12(11)15)13(18-9)14-16-6-7-17-14/h3-5,9,13H,2,6-8H2,1H3,(H,16,17)/t9-,13?/m1/s1. The van der Waals surface area contributed by atoms with Crippen LogP contribution in [0.25, 0.3) is 0 Å². The molecule has 0 saturated carbocycles. The number of rotatable bonds is 2. The number of hydrogen-bond acceptors (Lipinski definition) is 3. The van der Waals surface area contributed by atoms with Crippen LogP contribution in [0.4, 0.5) is 0 Å². The number of halogens is 1. The van der Waals surface area contributed by atoms with Crippen LogP contribution >= 0.6 is 11.6 Å². The van der Waals surface area contributed by atoms with Crippen molar-refractivity contribution in [1.29, 1.82) is 0 Å². The second-order valence-corrected chi connectivity index (χ2v) is 5.16. The fraction of sp³-hybridized carbons (Fsp3) is 0.500. The van der Waals surface area contributed by atoms with Crippen LogP contribution in [0, 0.1) is 0 Å². The van der Waals surface area contributed by atoms with Crippen LogP contribution in [-0.2, 0) is 11.2 Å². The van der Waals surface area contributed by atoms with Crippen LogP contribution in [0.1, 0.15) is 30.6 Å². The normalized spacial score (nSPS) is 26.4. The molecule has 96 valence electrons. The van der Waals surface area contributed by atoms with E-state index in [2.05, 4.69) is 23.3 Å². The third-order valence-electron chi connectivity index (χ3n) is 3.60. The van der Waals surface area contributed by atoms with E-state index in [9.17, 15) is 0 Å². The summed E-state index contributed by atoms with van der Waals surface area (Å²) in [5, 5.41) is 4.16. The lowest BCUT2D eigenvalue weighted by atomic mass is 9.92. The number of ether oxygens (including phenoxy) is 1. The minimum atomic E-state index is -0.0695. The number of nitrogens with zero attached hydrogens (tertiary/aromatic N) is 1. The van der Waals surface area contributed by atoms with Gasteiger partial charge in [0.05, 0.1) is 12.6 Å². The van der Waals surface area contributed by atoms with Gasteiger partial charge in [-0.2, -0.15) is 0 Å². The van der Waals surface area contributed by atoms with E-state index in [1.165, 1.54) is 11.1 Å². The molecule has 3 nitrogen and oxygen atoms in total. The molecule has 1 aromatic carbocycles. The maximum absolute atomic E-state index is 6.32. The van der Waals surface area contributed by atoms with Crippen molar-refractivity contribution in [3.05, 3.63) is 34.3 Å². The van der Waals surface area contributed by atoms with E-state index >= 15 is 0 Å². The number of aliphatic imine (C=N–C) groups is 1. The Hall–Kier alpha value is -1.06. The smallest absolute Gasteiger partial charge is 0.140 e. The van der Waals surface area contributed by atoms with Gasteiger partial charge in [0.25, 0.3) is 0 Å². The summed E-state index contributed by atoms with van der Waals surface area (Å²) < 4.78 is 6.15. The van der Waals surface area contributed by atoms with Crippen molar-refractivity contribution in [3.63, 3.8) is 0 Å². The van der Waals surface area contributed by atoms with Gasteiger partial charge in [-0.05, 0) is 23.6 Å². The fourth-order valence-corrected chi connectivity index (χ4v) is 2.88. The molecule has 2 atom stereocenters. The lowest BCUT2D eigenvalue weighted by Gasteiger charge is -2.32. The highest BCUT2D eigenvalue weighted by molar-refractivity contribution is 6.31. The molecule has 2 heterocycles.